The van der Waals surface area contributed by atoms with Gasteiger partial charge in [-0.05, 0) is 93.7 Å². The molecule has 5 heteroatoms. The molecule has 3 heterocycles. The molecule has 320 valence electrons. The van der Waals surface area contributed by atoms with Gasteiger partial charge in [0.1, 0.15) is 17.3 Å². The van der Waals surface area contributed by atoms with E-state index in [0.717, 1.165) is 34.0 Å². The van der Waals surface area contributed by atoms with E-state index in [-0.39, 0.29) is 27.1 Å². The lowest BCUT2D eigenvalue weighted by molar-refractivity contribution is 0.444. The normalized spacial score (nSPS) is 14.4. The molecular weight excluding hydrogens is 757 g/mol. The second kappa shape index (κ2) is 15.2. The summed E-state index contributed by atoms with van der Waals surface area (Å²) in [5.74, 6) is 2.48. The third-order valence-electron chi connectivity index (χ3n) is 12.7. The van der Waals surface area contributed by atoms with Crippen molar-refractivity contribution >= 4 is 33.2 Å². The van der Waals surface area contributed by atoms with Gasteiger partial charge in [-0.3, -0.25) is 4.57 Å². The third-order valence-corrected chi connectivity index (χ3v) is 12.7. The summed E-state index contributed by atoms with van der Waals surface area (Å²) >= 11 is 0. The molecule has 0 atom stereocenters. The van der Waals surface area contributed by atoms with Crippen LogP contribution in [0.2, 0.25) is 0 Å². The Morgan fingerprint density at radius 2 is 1.02 bits per heavy atom. The Labute approximate surface area is 371 Å². The highest BCUT2D eigenvalue weighted by atomic mass is 16.5. The number of allylic oxidation sites excluding steroid dienone is 2. The number of nitrogens with zero attached hydrogens (tertiary/aromatic N) is 4. The molecule has 0 unspecified atom stereocenters. The van der Waals surface area contributed by atoms with Gasteiger partial charge in [0, 0.05) is 68.1 Å². The van der Waals surface area contributed by atoms with Crippen LogP contribution in [0.4, 0.5) is 11.4 Å². The van der Waals surface area contributed by atoms with Gasteiger partial charge in [-0.25, -0.2) is 4.98 Å². The summed E-state index contributed by atoms with van der Waals surface area (Å²) in [6.45, 7) is 33.0. The Hall–Kier alpha value is -5.81. The van der Waals surface area contributed by atoms with Crippen molar-refractivity contribution in [1.29, 1.82) is 0 Å². The van der Waals surface area contributed by atoms with Gasteiger partial charge in [0.05, 0.1) is 17.7 Å². The molecule has 5 nitrogen and oxygen atoms in total. The maximum atomic E-state index is 6.86. The highest BCUT2D eigenvalue weighted by Gasteiger charge is 2.42. The molecule has 0 saturated carbocycles. The van der Waals surface area contributed by atoms with Crippen molar-refractivity contribution in [2.45, 2.75) is 113 Å². The second-order valence-electron chi connectivity index (χ2n) is 22.0. The molecule has 0 N–H and O–H groups in total. The van der Waals surface area contributed by atoms with Crippen molar-refractivity contribution in [3.8, 4) is 17.3 Å². The lowest BCUT2D eigenvalue weighted by Crippen LogP contribution is -2.31. The monoisotopic (exact) mass is 823 g/mol. The Morgan fingerprint density at radius 3 is 1.65 bits per heavy atom. The van der Waals surface area contributed by atoms with Gasteiger partial charge in [0.25, 0.3) is 0 Å². The summed E-state index contributed by atoms with van der Waals surface area (Å²) in [5, 5.41) is 2.39. The average molecular weight is 823 g/mol. The average Bonchev–Trinajstić information content (AvgIpc) is 3.79. The summed E-state index contributed by atoms with van der Waals surface area (Å²) in [4.78, 5) is 10.00. The number of hydrogen-bond donors (Lipinski definition) is 0. The first-order valence-electron chi connectivity index (χ1n) is 22.3. The van der Waals surface area contributed by atoms with E-state index in [9.17, 15) is 0 Å². The zero-order valence-corrected chi connectivity index (χ0v) is 39.6. The number of rotatable bonds is 7. The first-order chi connectivity index (χ1) is 29.0. The second-order valence-corrected chi connectivity index (χ2v) is 22.0. The maximum absolute atomic E-state index is 6.86. The lowest BCUT2D eigenvalue weighted by atomic mass is 9.78. The van der Waals surface area contributed by atoms with Crippen molar-refractivity contribution in [3.05, 3.63) is 167 Å². The van der Waals surface area contributed by atoms with Crippen molar-refractivity contribution in [3.63, 3.8) is 0 Å². The van der Waals surface area contributed by atoms with Crippen molar-refractivity contribution in [2.75, 3.05) is 16.5 Å². The highest BCUT2D eigenvalue weighted by molar-refractivity contribution is 6.09. The van der Waals surface area contributed by atoms with Gasteiger partial charge in [0.15, 0.2) is 0 Å². The first-order valence-corrected chi connectivity index (χ1v) is 22.3. The Morgan fingerprint density at radius 1 is 0.435 bits per heavy atom. The number of aromatic nitrogens is 2. The summed E-state index contributed by atoms with van der Waals surface area (Å²) < 4.78 is 9.17. The lowest BCUT2D eigenvalue weighted by Gasteiger charge is -2.34. The largest absolute Gasteiger partial charge is 0.457 e. The molecule has 0 spiro atoms. The Bertz CT molecular complexity index is 2810. The Kier molecular flexibility index (Phi) is 10.5. The fourth-order valence-corrected chi connectivity index (χ4v) is 9.20. The molecular formula is C57H66N4O. The first kappa shape index (κ1) is 42.9. The van der Waals surface area contributed by atoms with Crippen LogP contribution < -0.4 is 14.5 Å². The number of anilines is 2. The minimum Gasteiger partial charge on any atom is -0.457 e. The molecule has 0 saturated heterocycles. The predicted molar refractivity (Wildman–Crippen MR) is 263 cm³/mol. The number of fused-ring (bicyclic) bond motifs is 3. The fraction of sp³-hybridized carbons (Fsp3) is 0.351. The van der Waals surface area contributed by atoms with Gasteiger partial charge in [-0.2, -0.15) is 0 Å². The number of pyridine rings is 1. The fourth-order valence-electron chi connectivity index (χ4n) is 9.20. The number of ether oxygens (including phenoxy) is 1. The quantitative estimate of drug-likeness (QED) is 0.160. The zero-order chi connectivity index (χ0) is 44.6. The van der Waals surface area contributed by atoms with Crippen LogP contribution in [0.1, 0.15) is 119 Å². The summed E-state index contributed by atoms with van der Waals surface area (Å²) in [5.41, 5.74) is 11.9. The minimum atomic E-state index is -0.152. The molecule has 62 heavy (non-hydrogen) atoms. The molecule has 2 aromatic heterocycles. The van der Waals surface area contributed by atoms with Gasteiger partial charge < -0.3 is 14.5 Å². The van der Waals surface area contributed by atoms with Crippen LogP contribution in [0, 0.1) is 10.8 Å². The van der Waals surface area contributed by atoms with Crippen molar-refractivity contribution < 1.29 is 4.74 Å². The molecule has 1 aliphatic heterocycles. The van der Waals surface area contributed by atoms with E-state index in [1.165, 1.54) is 50.1 Å². The smallest absolute Gasteiger partial charge is 0.137 e. The van der Waals surface area contributed by atoms with Crippen LogP contribution in [-0.4, -0.2) is 16.2 Å². The molecule has 0 radical (unpaired) electrons. The molecule has 5 aromatic carbocycles. The number of benzene rings is 5. The Balaban J connectivity index is 1.20. The van der Waals surface area contributed by atoms with Crippen molar-refractivity contribution in [1.82, 2.24) is 9.55 Å². The summed E-state index contributed by atoms with van der Waals surface area (Å²) in [6.07, 6.45) is 1.94. The van der Waals surface area contributed by atoms with E-state index in [4.69, 9.17) is 9.72 Å². The summed E-state index contributed by atoms with van der Waals surface area (Å²) in [7, 11) is 0. The van der Waals surface area contributed by atoms with E-state index < -0.39 is 0 Å². The maximum Gasteiger partial charge on any atom is 0.137 e. The van der Waals surface area contributed by atoms with E-state index in [1.807, 2.05) is 6.20 Å². The van der Waals surface area contributed by atoms with Gasteiger partial charge in [-0.1, -0.05) is 152 Å². The van der Waals surface area contributed by atoms with Gasteiger partial charge >= 0.3 is 0 Å². The molecule has 0 bridgehead atoms. The van der Waals surface area contributed by atoms with Crippen LogP contribution in [0.3, 0.4) is 0 Å². The molecule has 0 amide bonds. The van der Waals surface area contributed by atoms with Crippen LogP contribution in [-0.2, 0) is 16.2 Å². The topological polar surface area (TPSA) is 33.5 Å². The standard InChI is InChI=1S/C57H66N4O/c1-53(2,3)39-26-29-48-47(33-39)46-28-27-45(36-49(46)61(48)50-34-40(30-31-58-50)54(4,5)6)62-44-25-19-24-43(35-44)60-37-59(51(55(7,8)9)52(60)56(10,11)12)42-23-18-22-41(32-42)57(13,14)38-20-16-15-17-21-38/h15-36H,37H2,1-14H3. The van der Waals surface area contributed by atoms with E-state index in [1.54, 1.807) is 0 Å². The zero-order valence-electron chi connectivity index (χ0n) is 39.6. The van der Waals surface area contributed by atoms with Crippen molar-refractivity contribution in [2.24, 2.45) is 10.8 Å². The molecule has 1 aliphatic rings. The van der Waals surface area contributed by atoms with E-state index in [0.29, 0.717) is 6.67 Å². The molecule has 7 aromatic rings. The van der Waals surface area contributed by atoms with Crippen LogP contribution in [0.15, 0.2) is 145 Å². The predicted octanol–water partition coefficient (Wildman–Crippen LogP) is 15.5. The molecule has 0 aliphatic carbocycles. The number of hydrogen-bond acceptors (Lipinski definition) is 4. The summed E-state index contributed by atoms with van der Waals surface area (Å²) in [6, 6.07) is 46.4. The van der Waals surface area contributed by atoms with Crippen LogP contribution in [0.5, 0.6) is 11.5 Å². The molecule has 8 rings (SSSR count). The third kappa shape index (κ3) is 8.03. The van der Waals surface area contributed by atoms with Crippen LogP contribution in [0.25, 0.3) is 27.6 Å². The molecule has 0 fully saturated rings. The van der Waals surface area contributed by atoms with Crippen LogP contribution >= 0.6 is 0 Å². The van der Waals surface area contributed by atoms with E-state index in [2.05, 4.69) is 239 Å². The van der Waals surface area contributed by atoms with Gasteiger partial charge in [0.2, 0.25) is 0 Å². The SMILES string of the molecule is CC(C)(C)C1=C(C(C)(C)C)N(c2cccc(C(C)(C)c3ccccc3)c2)CN1c1cccc(Oc2ccc3c4cc(C(C)(C)C)ccc4n(-c4cc(C(C)(C)C)ccn4)c3c2)c1. The minimum absolute atomic E-state index is 0.0134. The van der Waals surface area contributed by atoms with E-state index >= 15 is 0 Å². The highest BCUT2D eigenvalue weighted by Crippen LogP contribution is 2.49. The van der Waals surface area contributed by atoms with Gasteiger partial charge in [-0.15, -0.1) is 0 Å².